The number of carbonyl (C=O) groups is 1. The largest absolute Gasteiger partial charge is 0.336 e. The van der Waals surface area contributed by atoms with E-state index in [0.717, 1.165) is 38.3 Å². The maximum atomic E-state index is 12.5. The van der Waals surface area contributed by atoms with E-state index in [0.29, 0.717) is 6.04 Å². The normalized spacial score (nSPS) is 19.6. The van der Waals surface area contributed by atoms with Gasteiger partial charge < -0.3 is 15.1 Å². The van der Waals surface area contributed by atoms with E-state index in [2.05, 4.69) is 29.4 Å². The molecular weight excluding hydrogens is 310 g/mol. The van der Waals surface area contributed by atoms with Crippen LogP contribution in [-0.2, 0) is 6.54 Å². The first-order chi connectivity index (χ1) is 10.7. The molecule has 0 radical (unpaired) electrons. The number of hydrogen-bond acceptors (Lipinski definition) is 3. The van der Waals surface area contributed by atoms with Gasteiger partial charge in [0.1, 0.15) is 0 Å². The van der Waals surface area contributed by atoms with Crippen LogP contribution < -0.4 is 5.32 Å². The molecule has 0 unspecified atom stereocenters. The average molecular weight is 338 g/mol. The Hall–Kier alpha value is -1.10. The molecule has 2 fully saturated rings. The number of likely N-dealkylation sites (N-methyl/N-ethyl adjacent to an activating group) is 1. The van der Waals surface area contributed by atoms with Crippen molar-refractivity contribution in [1.29, 1.82) is 0 Å². The summed E-state index contributed by atoms with van der Waals surface area (Å²) in [5.74, 6) is 0.170. The summed E-state index contributed by atoms with van der Waals surface area (Å²) in [6.07, 6.45) is 5.33. The Labute approximate surface area is 145 Å². The second-order valence-electron chi connectivity index (χ2n) is 6.65. The smallest absolute Gasteiger partial charge is 0.253 e. The molecule has 128 valence electrons. The van der Waals surface area contributed by atoms with Gasteiger partial charge in [0, 0.05) is 44.3 Å². The van der Waals surface area contributed by atoms with Crippen molar-refractivity contribution in [2.75, 3.05) is 33.2 Å². The molecule has 1 heterocycles. The number of carbonyl (C=O) groups excluding carboxylic acids is 1. The molecule has 0 aromatic heterocycles. The van der Waals surface area contributed by atoms with E-state index in [9.17, 15) is 4.79 Å². The van der Waals surface area contributed by atoms with E-state index >= 15 is 0 Å². The lowest BCUT2D eigenvalue weighted by molar-refractivity contribution is 0.0664. The molecule has 5 heteroatoms. The van der Waals surface area contributed by atoms with E-state index in [-0.39, 0.29) is 18.3 Å². The van der Waals surface area contributed by atoms with E-state index in [1.165, 1.54) is 31.2 Å². The summed E-state index contributed by atoms with van der Waals surface area (Å²) in [7, 11) is 2.11. The number of amides is 1. The third kappa shape index (κ3) is 4.93. The Morgan fingerprint density at radius 2 is 1.70 bits per heavy atom. The molecule has 4 nitrogen and oxygen atoms in total. The van der Waals surface area contributed by atoms with Crippen molar-refractivity contribution in [3.05, 3.63) is 35.4 Å². The maximum Gasteiger partial charge on any atom is 0.253 e. The van der Waals surface area contributed by atoms with Crippen LogP contribution in [0.25, 0.3) is 0 Å². The molecule has 1 N–H and O–H groups in total. The summed E-state index contributed by atoms with van der Waals surface area (Å²) in [6, 6.07) is 8.82. The zero-order chi connectivity index (χ0) is 15.4. The molecule has 0 bridgehead atoms. The Bertz CT molecular complexity index is 491. The fourth-order valence-electron chi connectivity index (χ4n) is 3.35. The van der Waals surface area contributed by atoms with Gasteiger partial charge in [0.25, 0.3) is 5.91 Å². The number of halogens is 1. The molecule has 3 rings (SSSR count). The van der Waals surface area contributed by atoms with Gasteiger partial charge in [-0.2, -0.15) is 0 Å². The van der Waals surface area contributed by atoms with Crippen molar-refractivity contribution in [1.82, 2.24) is 15.1 Å². The first-order valence-corrected chi connectivity index (χ1v) is 8.52. The first kappa shape index (κ1) is 18.2. The zero-order valence-electron chi connectivity index (χ0n) is 14.0. The summed E-state index contributed by atoms with van der Waals surface area (Å²) in [5, 5.41) is 3.61. The summed E-state index contributed by atoms with van der Waals surface area (Å²) < 4.78 is 0. The van der Waals surface area contributed by atoms with Crippen LogP contribution in [-0.4, -0.2) is 55.0 Å². The molecule has 1 aliphatic heterocycles. The van der Waals surface area contributed by atoms with Gasteiger partial charge in [0.15, 0.2) is 0 Å². The second kappa shape index (κ2) is 8.67. The predicted molar refractivity (Wildman–Crippen MR) is 96.2 cm³/mol. The number of benzene rings is 1. The summed E-state index contributed by atoms with van der Waals surface area (Å²) in [6.45, 7) is 4.51. The molecule has 1 aliphatic carbocycles. The van der Waals surface area contributed by atoms with Gasteiger partial charge in [0.2, 0.25) is 0 Å². The van der Waals surface area contributed by atoms with Gasteiger partial charge in [-0.15, -0.1) is 12.4 Å². The maximum absolute atomic E-state index is 12.5. The highest BCUT2D eigenvalue weighted by atomic mass is 35.5. The van der Waals surface area contributed by atoms with Crippen molar-refractivity contribution in [2.45, 2.75) is 38.3 Å². The average Bonchev–Trinajstić information content (AvgIpc) is 3.07. The number of hydrogen-bond donors (Lipinski definition) is 1. The highest BCUT2D eigenvalue weighted by Gasteiger charge is 2.20. The summed E-state index contributed by atoms with van der Waals surface area (Å²) >= 11 is 0. The molecule has 0 spiro atoms. The van der Waals surface area contributed by atoms with Crippen LogP contribution in [0.4, 0.5) is 0 Å². The molecule has 1 saturated heterocycles. The highest BCUT2D eigenvalue weighted by Crippen LogP contribution is 2.18. The minimum Gasteiger partial charge on any atom is -0.336 e. The zero-order valence-corrected chi connectivity index (χ0v) is 14.8. The van der Waals surface area contributed by atoms with Crippen LogP contribution in [0.3, 0.4) is 0 Å². The van der Waals surface area contributed by atoms with E-state index in [4.69, 9.17) is 0 Å². The first-order valence-electron chi connectivity index (χ1n) is 8.52. The van der Waals surface area contributed by atoms with Crippen molar-refractivity contribution >= 4 is 18.3 Å². The third-order valence-electron chi connectivity index (χ3n) is 4.94. The molecule has 1 aromatic carbocycles. The molecule has 1 aromatic rings. The monoisotopic (exact) mass is 337 g/mol. The summed E-state index contributed by atoms with van der Waals surface area (Å²) in [4.78, 5) is 16.7. The van der Waals surface area contributed by atoms with Crippen molar-refractivity contribution in [2.24, 2.45) is 0 Å². The lowest BCUT2D eigenvalue weighted by Crippen LogP contribution is -2.47. The Balaban J connectivity index is 0.00000192. The molecule has 2 aliphatic rings. The lowest BCUT2D eigenvalue weighted by atomic mass is 10.1. The minimum absolute atomic E-state index is 0. The van der Waals surface area contributed by atoms with Crippen LogP contribution in [0, 0.1) is 0 Å². The SMILES string of the molecule is CN1CCN(C(=O)c2ccc(CNC3CCCC3)cc2)CC1.Cl. The van der Waals surface area contributed by atoms with Crippen LogP contribution in [0.5, 0.6) is 0 Å². The van der Waals surface area contributed by atoms with E-state index in [1.54, 1.807) is 0 Å². The minimum atomic E-state index is 0. The topological polar surface area (TPSA) is 35.6 Å². The number of rotatable bonds is 4. The van der Waals surface area contributed by atoms with E-state index in [1.807, 2.05) is 17.0 Å². The predicted octanol–water partition coefficient (Wildman–Crippen LogP) is 2.53. The fraction of sp³-hybridized carbons (Fsp3) is 0.611. The number of nitrogens with one attached hydrogen (secondary N) is 1. The Kier molecular flexibility index (Phi) is 6.88. The standard InChI is InChI=1S/C18H27N3O.ClH/c1-20-10-12-21(13-11-20)18(22)16-8-6-15(7-9-16)14-19-17-4-2-3-5-17;/h6-9,17,19H,2-5,10-14H2,1H3;1H. The van der Waals surface area contributed by atoms with E-state index < -0.39 is 0 Å². The molecule has 23 heavy (non-hydrogen) atoms. The van der Waals surface area contributed by atoms with Gasteiger partial charge in [-0.1, -0.05) is 25.0 Å². The van der Waals surface area contributed by atoms with Crippen molar-refractivity contribution in [3.8, 4) is 0 Å². The van der Waals surface area contributed by atoms with Crippen molar-refractivity contribution in [3.63, 3.8) is 0 Å². The molecule has 0 atom stereocenters. The second-order valence-corrected chi connectivity index (χ2v) is 6.65. The van der Waals surface area contributed by atoms with Crippen molar-refractivity contribution < 1.29 is 4.79 Å². The van der Waals surface area contributed by atoms with Gasteiger partial charge >= 0.3 is 0 Å². The number of piperazine rings is 1. The summed E-state index contributed by atoms with van der Waals surface area (Å²) in [5.41, 5.74) is 2.08. The molecule has 1 saturated carbocycles. The fourth-order valence-corrected chi connectivity index (χ4v) is 3.35. The Morgan fingerprint density at radius 1 is 1.09 bits per heavy atom. The highest BCUT2D eigenvalue weighted by molar-refractivity contribution is 5.94. The van der Waals surface area contributed by atoms with Gasteiger partial charge in [-0.3, -0.25) is 4.79 Å². The van der Waals surface area contributed by atoms with Crippen LogP contribution in [0.15, 0.2) is 24.3 Å². The lowest BCUT2D eigenvalue weighted by Gasteiger charge is -2.32. The van der Waals surface area contributed by atoms with Crippen LogP contribution in [0.2, 0.25) is 0 Å². The quantitative estimate of drug-likeness (QED) is 0.917. The van der Waals surface area contributed by atoms with Crippen LogP contribution in [0.1, 0.15) is 41.6 Å². The Morgan fingerprint density at radius 3 is 2.30 bits per heavy atom. The van der Waals surface area contributed by atoms with Crippen LogP contribution >= 0.6 is 12.4 Å². The van der Waals surface area contributed by atoms with Gasteiger partial charge in [0.05, 0.1) is 0 Å². The molecular formula is C18H28ClN3O. The number of nitrogens with zero attached hydrogens (tertiary/aromatic N) is 2. The van der Waals surface area contributed by atoms with Gasteiger partial charge in [-0.05, 0) is 37.6 Å². The molecule has 1 amide bonds. The third-order valence-corrected chi connectivity index (χ3v) is 4.94. The van der Waals surface area contributed by atoms with Gasteiger partial charge in [-0.25, -0.2) is 0 Å².